The Bertz CT molecular complexity index is 295. The molecule has 0 saturated heterocycles. The predicted molar refractivity (Wildman–Crippen MR) is 74.7 cm³/mol. The van der Waals surface area contributed by atoms with Gasteiger partial charge < -0.3 is 3.07 Å². The van der Waals surface area contributed by atoms with Crippen molar-refractivity contribution in [3.63, 3.8) is 0 Å². The lowest BCUT2D eigenvalue weighted by molar-refractivity contribution is -0.0155. The van der Waals surface area contributed by atoms with Crippen molar-refractivity contribution in [2.24, 2.45) is 16.4 Å². The third-order valence-electron chi connectivity index (χ3n) is 4.33. The van der Waals surface area contributed by atoms with E-state index in [-0.39, 0.29) is 5.41 Å². The van der Waals surface area contributed by atoms with Crippen LogP contribution < -0.4 is 0 Å². The van der Waals surface area contributed by atoms with E-state index in [2.05, 4.69) is 44.0 Å². The van der Waals surface area contributed by atoms with Crippen molar-refractivity contribution in [2.45, 2.75) is 58.7 Å². The Labute approximate surface area is 112 Å². The van der Waals surface area contributed by atoms with Crippen LogP contribution in [-0.4, -0.2) is 29.4 Å². The molecule has 3 unspecified atom stereocenters. The van der Waals surface area contributed by atoms with Gasteiger partial charge in [0.05, 0.1) is 12.1 Å². The number of hydrogen-bond donors (Lipinski definition) is 0. The Kier molecular flexibility index (Phi) is 3.50. The molecule has 16 heavy (non-hydrogen) atoms. The molecule has 1 heterocycles. The number of halogens is 1. The fourth-order valence-corrected chi connectivity index (χ4v) is 3.58. The van der Waals surface area contributed by atoms with Crippen molar-refractivity contribution in [2.75, 3.05) is 0 Å². The summed E-state index contributed by atoms with van der Waals surface area (Å²) in [6, 6.07) is 0.857. The van der Waals surface area contributed by atoms with E-state index in [9.17, 15) is 0 Å². The lowest BCUT2D eigenvalue weighted by atomic mass is 9.65. The molecule has 4 heteroatoms. The van der Waals surface area contributed by atoms with Gasteiger partial charge in [0.1, 0.15) is 23.0 Å². The number of fused-ring (bicyclic) bond motifs is 1. The molecule has 1 aliphatic carbocycles. The van der Waals surface area contributed by atoms with Crippen molar-refractivity contribution < 1.29 is 3.07 Å². The summed E-state index contributed by atoms with van der Waals surface area (Å²) >= 11 is 2.05. The van der Waals surface area contributed by atoms with Gasteiger partial charge in [0.15, 0.2) is 0 Å². The maximum absolute atomic E-state index is 5.65. The second-order valence-corrected chi connectivity index (χ2v) is 6.14. The predicted octanol–water partition coefficient (Wildman–Crippen LogP) is 3.24. The minimum absolute atomic E-state index is 0.179. The summed E-state index contributed by atoms with van der Waals surface area (Å²) in [4.78, 5) is 0. The molecule has 0 N–H and O–H groups in total. The molecule has 0 aromatic rings. The topological polar surface area (TPSA) is 24.8 Å². The standard InChI is InChI=1S/C12H21IN2O/c1-8(2)15-11-10(16-13)6-5-9(3)12(11,4)7-14-15/h7-11H,5-6H2,1-4H3/t9?,10?,11?,12-/m0/s1. The van der Waals surface area contributed by atoms with E-state index in [1.54, 1.807) is 0 Å². The van der Waals surface area contributed by atoms with Crippen LogP contribution in [-0.2, 0) is 3.07 Å². The molecule has 1 saturated carbocycles. The van der Waals surface area contributed by atoms with Gasteiger partial charge >= 0.3 is 0 Å². The van der Waals surface area contributed by atoms with Gasteiger partial charge in [-0.1, -0.05) is 13.8 Å². The quantitative estimate of drug-likeness (QED) is 0.724. The van der Waals surface area contributed by atoms with Crippen molar-refractivity contribution >= 4 is 29.2 Å². The molecule has 92 valence electrons. The lowest BCUT2D eigenvalue weighted by Gasteiger charge is -2.47. The van der Waals surface area contributed by atoms with Crippen LogP contribution in [0.15, 0.2) is 5.10 Å². The first-order valence-corrected chi connectivity index (χ1v) is 6.99. The molecule has 2 aliphatic rings. The van der Waals surface area contributed by atoms with E-state index in [0.717, 1.165) is 6.42 Å². The smallest absolute Gasteiger partial charge is 0.110 e. The maximum atomic E-state index is 5.65. The van der Waals surface area contributed by atoms with E-state index in [1.165, 1.54) is 6.42 Å². The molecule has 1 aliphatic heterocycles. The first-order valence-electron chi connectivity index (χ1n) is 6.11. The van der Waals surface area contributed by atoms with Crippen LogP contribution in [0.1, 0.15) is 40.5 Å². The van der Waals surface area contributed by atoms with Crippen molar-refractivity contribution in [3.05, 3.63) is 0 Å². The van der Waals surface area contributed by atoms with E-state index in [0.29, 0.717) is 24.1 Å². The third kappa shape index (κ3) is 1.78. The van der Waals surface area contributed by atoms with Gasteiger partial charge in [-0.15, -0.1) is 0 Å². The molecule has 0 aromatic heterocycles. The van der Waals surface area contributed by atoms with Gasteiger partial charge in [0.2, 0.25) is 0 Å². The second kappa shape index (κ2) is 4.44. The van der Waals surface area contributed by atoms with Crippen LogP contribution in [0.25, 0.3) is 0 Å². The van der Waals surface area contributed by atoms with E-state index in [1.807, 2.05) is 23.0 Å². The normalized spacial score (nSPS) is 42.9. The fourth-order valence-electron chi connectivity index (χ4n) is 3.04. The Morgan fingerprint density at radius 2 is 2.19 bits per heavy atom. The summed E-state index contributed by atoms with van der Waals surface area (Å²) in [6.07, 6.45) is 4.85. The van der Waals surface area contributed by atoms with Crippen LogP contribution >= 0.6 is 23.0 Å². The number of hydrazone groups is 1. The Hall–Kier alpha value is 0.160. The highest BCUT2D eigenvalue weighted by atomic mass is 127. The zero-order chi connectivity index (χ0) is 11.9. The Morgan fingerprint density at radius 1 is 1.50 bits per heavy atom. The van der Waals surface area contributed by atoms with Crippen LogP contribution in [0.5, 0.6) is 0 Å². The summed E-state index contributed by atoms with van der Waals surface area (Å²) in [5, 5.41) is 6.86. The molecule has 4 atom stereocenters. The van der Waals surface area contributed by atoms with Crippen LogP contribution in [0, 0.1) is 11.3 Å². The Morgan fingerprint density at radius 3 is 2.75 bits per heavy atom. The summed E-state index contributed by atoms with van der Waals surface area (Å²) in [6.45, 7) is 9.07. The molecule has 0 bridgehead atoms. The van der Waals surface area contributed by atoms with Crippen LogP contribution in [0.4, 0.5) is 0 Å². The van der Waals surface area contributed by atoms with Gasteiger partial charge in [-0.05, 0) is 32.6 Å². The van der Waals surface area contributed by atoms with Crippen LogP contribution in [0.2, 0.25) is 0 Å². The molecule has 2 rings (SSSR count). The first-order chi connectivity index (χ1) is 7.50. The molecule has 1 fully saturated rings. The summed E-state index contributed by atoms with van der Waals surface area (Å²) < 4.78 is 5.65. The lowest BCUT2D eigenvalue weighted by Crippen LogP contribution is -2.55. The average Bonchev–Trinajstić information content (AvgIpc) is 2.59. The van der Waals surface area contributed by atoms with E-state index < -0.39 is 0 Å². The van der Waals surface area contributed by atoms with Gasteiger partial charge in [0.25, 0.3) is 0 Å². The zero-order valence-corrected chi connectivity index (χ0v) is 12.6. The van der Waals surface area contributed by atoms with Crippen molar-refractivity contribution in [3.8, 4) is 0 Å². The summed E-state index contributed by atoms with van der Waals surface area (Å²) in [5.41, 5.74) is 0.179. The zero-order valence-electron chi connectivity index (χ0n) is 10.5. The van der Waals surface area contributed by atoms with Crippen LogP contribution in [0.3, 0.4) is 0 Å². The van der Waals surface area contributed by atoms with Gasteiger partial charge in [-0.2, -0.15) is 5.10 Å². The molecule has 0 spiro atoms. The fraction of sp³-hybridized carbons (Fsp3) is 0.917. The first kappa shape index (κ1) is 12.6. The monoisotopic (exact) mass is 336 g/mol. The maximum Gasteiger partial charge on any atom is 0.110 e. The number of nitrogens with zero attached hydrogens (tertiary/aromatic N) is 2. The highest BCUT2D eigenvalue weighted by Gasteiger charge is 2.52. The van der Waals surface area contributed by atoms with Gasteiger partial charge in [0, 0.05) is 17.7 Å². The molecule has 0 aromatic carbocycles. The minimum Gasteiger partial charge on any atom is -0.310 e. The summed E-state index contributed by atoms with van der Waals surface area (Å²) in [5.74, 6) is 0.688. The largest absolute Gasteiger partial charge is 0.310 e. The van der Waals surface area contributed by atoms with Gasteiger partial charge in [-0.25, -0.2) is 0 Å². The second-order valence-electron chi connectivity index (χ2n) is 5.64. The SMILES string of the molecule is CC(C)N1N=C[C@@]2(C)C(C)CCC(OI)C12. The highest BCUT2D eigenvalue weighted by Crippen LogP contribution is 2.47. The number of hydrogen-bond acceptors (Lipinski definition) is 3. The minimum atomic E-state index is 0.179. The number of rotatable bonds is 2. The molecular weight excluding hydrogens is 315 g/mol. The third-order valence-corrected chi connectivity index (χ3v) is 4.99. The molecule has 0 amide bonds. The van der Waals surface area contributed by atoms with Crippen molar-refractivity contribution in [1.29, 1.82) is 0 Å². The highest BCUT2D eigenvalue weighted by molar-refractivity contribution is 14.1. The average molecular weight is 336 g/mol. The van der Waals surface area contributed by atoms with Gasteiger partial charge in [-0.3, -0.25) is 5.01 Å². The molecule has 3 nitrogen and oxygen atoms in total. The molecule has 0 radical (unpaired) electrons. The van der Waals surface area contributed by atoms with E-state index >= 15 is 0 Å². The van der Waals surface area contributed by atoms with Crippen molar-refractivity contribution in [1.82, 2.24) is 5.01 Å². The molecular formula is C12H21IN2O. The Balaban J connectivity index is 2.30. The van der Waals surface area contributed by atoms with E-state index in [4.69, 9.17) is 3.07 Å². The summed E-state index contributed by atoms with van der Waals surface area (Å²) in [7, 11) is 0.